The van der Waals surface area contributed by atoms with Crippen LogP contribution in [0.2, 0.25) is 0 Å². The van der Waals surface area contributed by atoms with Crippen molar-refractivity contribution in [2.24, 2.45) is 5.92 Å². The van der Waals surface area contributed by atoms with E-state index in [-0.39, 0.29) is 29.4 Å². The van der Waals surface area contributed by atoms with E-state index in [9.17, 15) is 14.3 Å². The number of phenolic OH excluding ortho intramolecular Hbond substituents is 1. The van der Waals surface area contributed by atoms with Crippen molar-refractivity contribution in [1.82, 2.24) is 4.90 Å². The van der Waals surface area contributed by atoms with Gasteiger partial charge < -0.3 is 14.7 Å². The molecule has 0 spiro atoms. The molecule has 0 bridgehead atoms. The Balaban J connectivity index is 1.73. The molecule has 1 unspecified atom stereocenters. The third-order valence-corrected chi connectivity index (χ3v) is 4.77. The van der Waals surface area contributed by atoms with Crippen molar-refractivity contribution in [2.75, 3.05) is 7.11 Å². The van der Waals surface area contributed by atoms with Crippen molar-refractivity contribution in [3.63, 3.8) is 0 Å². The highest BCUT2D eigenvalue weighted by Crippen LogP contribution is 2.32. The number of hydrogen-bond donors (Lipinski definition) is 1. The molecule has 26 heavy (non-hydrogen) atoms. The molecular weight excluding hydrogens is 333 g/mol. The van der Waals surface area contributed by atoms with Gasteiger partial charge in [-0.1, -0.05) is 31.2 Å². The van der Waals surface area contributed by atoms with Crippen molar-refractivity contribution >= 4 is 5.91 Å². The second-order valence-corrected chi connectivity index (χ2v) is 6.90. The van der Waals surface area contributed by atoms with Crippen molar-refractivity contribution in [3.8, 4) is 11.5 Å². The molecule has 3 rings (SSSR count). The predicted octanol–water partition coefficient (Wildman–Crippen LogP) is 3.91. The lowest BCUT2D eigenvalue weighted by atomic mass is 9.99. The third kappa shape index (κ3) is 4.15. The summed E-state index contributed by atoms with van der Waals surface area (Å²) in [6.45, 7) is 2.31. The lowest BCUT2D eigenvalue weighted by Crippen LogP contribution is -2.37. The molecule has 1 N–H and O–H groups in total. The number of ether oxygens (including phenoxy) is 1. The quantitative estimate of drug-likeness (QED) is 0.817. The number of hydrogen-bond acceptors (Lipinski definition) is 3. The van der Waals surface area contributed by atoms with Crippen molar-refractivity contribution < 1.29 is 19.0 Å². The Labute approximate surface area is 153 Å². The minimum absolute atomic E-state index is 0.0304. The van der Waals surface area contributed by atoms with E-state index in [4.69, 9.17) is 4.74 Å². The van der Waals surface area contributed by atoms with Gasteiger partial charge in [-0.2, -0.15) is 0 Å². The summed E-state index contributed by atoms with van der Waals surface area (Å²) in [5.74, 6) is -0.0683. The number of phenols is 1. The van der Waals surface area contributed by atoms with Crippen LogP contribution in [0.25, 0.3) is 0 Å². The minimum atomic E-state index is -0.300. The van der Waals surface area contributed by atoms with E-state index in [0.717, 1.165) is 18.4 Å². The average molecular weight is 357 g/mol. The molecule has 1 aliphatic carbocycles. The molecule has 1 amide bonds. The van der Waals surface area contributed by atoms with Crippen LogP contribution in [0.1, 0.15) is 30.9 Å². The van der Waals surface area contributed by atoms with Crippen molar-refractivity contribution in [3.05, 3.63) is 59.4 Å². The van der Waals surface area contributed by atoms with Gasteiger partial charge in [-0.15, -0.1) is 0 Å². The SMILES string of the molecule is COc1cc(CN(C(=O)C(C)Cc2ccccc2F)C2CC2)ccc1O. The summed E-state index contributed by atoms with van der Waals surface area (Å²) < 4.78 is 19.0. The standard InChI is InChI=1S/C21H24FNO3/c1-14(11-16-5-3-4-6-18(16)22)21(25)23(17-8-9-17)13-15-7-10-19(24)20(12-15)26-2/h3-7,10,12,14,17,24H,8-9,11,13H2,1-2H3. The second kappa shape index (κ2) is 7.77. The number of rotatable bonds is 7. The van der Waals surface area contributed by atoms with Crippen LogP contribution in [0.4, 0.5) is 4.39 Å². The van der Waals surface area contributed by atoms with E-state index >= 15 is 0 Å². The van der Waals surface area contributed by atoms with Crippen LogP contribution in [-0.4, -0.2) is 29.1 Å². The molecule has 0 radical (unpaired) electrons. The Bertz CT molecular complexity index is 789. The van der Waals surface area contributed by atoms with E-state index in [1.54, 1.807) is 36.4 Å². The highest BCUT2D eigenvalue weighted by molar-refractivity contribution is 5.79. The molecule has 5 heteroatoms. The molecule has 0 heterocycles. The van der Waals surface area contributed by atoms with Gasteiger partial charge >= 0.3 is 0 Å². The van der Waals surface area contributed by atoms with Crippen LogP contribution in [0.5, 0.6) is 11.5 Å². The number of nitrogens with zero attached hydrogens (tertiary/aromatic N) is 1. The second-order valence-electron chi connectivity index (χ2n) is 6.90. The number of aromatic hydroxyl groups is 1. The lowest BCUT2D eigenvalue weighted by Gasteiger charge is -2.26. The van der Waals surface area contributed by atoms with Gasteiger partial charge in [-0.05, 0) is 48.6 Å². The van der Waals surface area contributed by atoms with Crippen LogP contribution < -0.4 is 4.74 Å². The number of carbonyl (C=O) groups excluding carboxylic acids is 1. The first-order valence-corrected chi connectivity index (χ1v) is 8.89. The summed E-state index contributed by atoms with van der Waals surface area (Å²) in [7, 11) is 1.50. The van der Waals surface area contributed by atoms with Crippen molar-refractivity contribution in [1.29, 1.82) is 0 Å². The predicted molar refractivity (Wildman–Crippen MR) is 97.5 cm³/mol. The number of benzene rings is 2. The fourth-order valence-corrected chi connectivity index (χ4v) is 3.15. The van der Waals surface area contributed by atoms with Gasteiger partial charge in [0.15, 0.2) is 11.5 Å². The summed E-state index contributed by atoms with van der Waals surface area (Å²) in [5, 5.41) is 9.74. The summed E-state index contributed by atoms with van der Waals surface area (Å²) >= 11 is 0. The monoisotopic (exact) mass is 357 g/mol. The third-order valence-electron chi connectivity index (χ3n) is 4.77. The summed E-state index contributed by atoms with van der Waals surface area (Å²) in [6.07, 6.45) is 2.37. The van der Waals surface area contributed by atoms with Crippen LogP contribution in [-0.2, 0) is 17.8 Å². The molecule has 1 aliphatic rings. The zero-order valence-electron chi connectivity index (χ0n) is 15.1. The first-order valence-electron chi connectivity index (χ1n) is 8.89. The van der Waals surface area contributed by atoms with E-state index in [1.807, 2.05) is 11.8 Å². The van der Waals surface area contributed by atoms with Crippen LogP contribution >= 0.6 is 0 Å². The number of carbonyl (C=O) groups is 1. The maximum Gasteiger partial charge on any atom is 0.226 e. The average Bonchev–Trinajstić information content (AvgIpc) is 3.47. The fourth-order valence-electron chi connectivity index (χ4n) is 3.15. The number of amides is 1. The molecule has 1 saturated carbocycles. The van der Waals surface area contributed by atoms with Crippen LogP contribution in [0.3, 0.4) is 0 Å². The molecule has 1 fully saturated rings. The van der Waals surface area contributed by atoms with Crippen LogP contribution in [0.15, 0.2) is 42.5 Å². The summed E-state index contributed by atoms with van der Waals surface area (Å²) in [6, 6.07) is 12.0. The topological polar surface area (TPSA) is 49.8 Å². The highest BCUT2D eigenvalue weighted by atomic mass is 19.1. The molecule has 2 aromatic rings. The van der Waals surface area contributed by atoms with E-state index in [0.29, 0.717) is 24.3 Å². The van der Waals surface area contributed by atoms with Gasteiger partial charge in [0, 0.05) is 18.5 Å². The Kier molecular flexibility index (Phi) is 5.45. The van der Waals surface area contributed by atoms with Gasteiger partial charge in [0.25, 0.3) is 0 Å². The molecule has 0 aliphatic heterocycles. The summed E-state index contributed by atoms with van der Waals surface area (Å²) in [4.78, 5) is 14.9. The zero-order chi connectivity index (χ0) is 18.7. The Morgan fingerprint density at radius 3 is 2.69 bits per heavy atom. The first kappa shape index (κ1) is 18.2. The molecule has 138 valence electrons. The molecule has 4 nitrogen and oxygen atoms in total. The number of methoxy groups -OCH3 is 1. The molecule has 1 atom stereocenters. The van der Waals surface area contributed by atoms with E-state index in [2.05, 4.69) is 0 Å². The highest BCUT2D eigenvalue weighted by Gasteiger charge is 2.34. The molecule has 0 saturated heterocycles. The molecular formula is C21H24FNO3. The first-order chi connectivity index (χ1) is 12.5. The minimum Gasteiger partial charge on any atom is -0.504 e. The maximum atomic E-state index is 13.9. The Morgan fingerprint density at radius 1 is 1.31 bits per heavy atom. The molecule has 0 aromatic heterocycles. The summed E-state index contributed by atoms with van der Waals surface area (Å²) in [5.41, 5.74) is 1.47. The van der Waals surface area contributed by atoms with Gasteiger partial charge in [0.2, 0.25) is 5.91 Å². The largest absolute Gasteiger partial charge is 0.504 e. The fraction of sp³-hybridized carbons (Fsp3) is 0.381. The Morgan fingerprint density at radius 2 is 2.04 bits per heavy atom. The smallest absolute Gasteiger partial charge is 0.226 e. The van der Waals surface area contributed by atoms with Crippen LogP contribution in [0, 0.1) is 11.7 Å². The van der Waals surface area contributed by atoms with Gasteiger partial charge in [-0.3, -0.25) is 4.79 Å². The normalized spacial score (nSPS) is 14.7. The maximum absolute atomic E-state index is 13.9. The van der Waals surface area contributed by atoms with E-state index in [1.165, 1.54) is 13.2 Å². The van der Waals surface area contributed by atoms with Gasteiger partial charge in [0.1, 0.15) is 5.82 Å². The van der Waals surface area contributed by atoms with Crippen molar-refractivity contribution in [2.45, 2.75) is 38.8 Å². The Hall–Kier alpha value is -2.56. The lowest BCUT2D eigenvalue weighted by molar-refractivity contribution is -0.136. The van der Waals surface area contributed by atoms with E-state index < -0.39 is 0 Å². The van der Waals surface area contributed by atoms with Gasteiger partial charge in [0.05, 0.1) is 7.11 Å². The zero-order valence-corrected chi connectivity index (χ0v) is 15.1. The molecule has 2 aromatic carbocycles. The van der Waals surface area contributed by atoms with Gasteiger partial charge in [-0.25, -0.2) is 4.39 Å². The number of halogens is 1.